The van der Waals surface area contributed by atoms with Crippen molar-refractivity contribution in [1.82, 2.24) is 19.5 Å². The number of likely N-dealkylation sites (tertiary alicyclic amines) is 1. The molecule has 3 aromatic rings. The fourth-order valence-electron chi connectivity index (χ4n) is 7.28. The number of fused-ring (bicyclic) bond motifs is 2. The Kier molecular flexibility index (Phi) is 4.99. The molecule has 0 spiro atoms. The van der Waals surface area contributed by atoms with E-state index in [4.69, 9.17) is 14.8 Å². The Bertz CT molecular complexity index is 1450. The lowest BCUT2D eigenvalue weighted by Gasteiger charge is -2.51. The topological polar surface area (TPSA) is 100 Å². The van der Waals surface area contributed by atoms with Crippen LogP contribution in [0.5, 0.6) is 0 Å². The summed E-state index contributed by atoms with van der Waals surface area (Å²) >= 11 is 0. The zero-order chi connectivity index (χ0) is 26.3. The molecule has 2 aromatic heterocycles. The SMILES string of the molecule is Cc1cc(N2CC[C@](C)(c3ccccc3)C2)cn2nc(C34CC(N5CCC(C(=O)O)CC5=O)(CO3)C4)nc12. The molecule has 6 heterocycles. The lowest BCUT2D eigenvalue weighted by molar-refractivity contribution is -0.156. The zero-order valence-electron chi connectivity index (χ0n) is 21.9. The molecule has 4 aliphatic heterocycles. The summed E-state index contributed by atoms with van der Waals surface area (Å²) in [5.74, 6) is -0.877. The Labute approximate surface area is 221 Å². The normalized spacial score (nSPS) is 32.7. The molecule has 198 valence electrons. The zero-order valence-corrected chi connectivity index (χ0v) is 21.9. The summed E-state index contributed by atoms with van der Waals surface area (Å²) in [7, 11) is 0. The first-order valence-corrected chi connectivity index (χ1v) is 13.6. The molecule has 1 aliphatic carbocycles. The van der Waals surface area contributed by atoms with E-state index >= 15 is 0 Å². The van der Waals surface area contributed by atoms with Gasteiger partial charge in [0.25, 0.3) is 0 Å². The summed E-state index contributed by atoms with van der Waals surface area (Å²) in [5.41, 5.74) is 3.58. The van der Waals surface area contributed by atoms with E-state index in [1.165, 1.54) is 5.56 Å². The first-order valence-electron chi connectivity index (χ1n) is 13.6. The lowest BCUT2D eigenvalue weighted by Crippen LogP contribution is -2.62. The maximum Gasteiger partial charge on any atom is 0.307 e. The predicted octanol–water partition coefficient (Wildman–Crippen LogP) is 3.29. The number of benzene rings is 1. The molecule has 1 saturated carbocycles. The van der Waals surface area contributed by atoms with E-state index < -0.39 is 17.5 Å². The van der Waals surface area contributed by atoms with Crippen LogP contribution in [0.3, 0.4) is 0 Å². The van der Waals surface area contributed by atoms with Crippen molar-refractivity contribution in [3.8, 4) is 0 Å². The highest BCUT2D eigenvalue weighted by molar-refractivity contribution is 5.84. The number of carboxylic acid groups (broad SMARTS) is 1. The highest BCUT2D eigenvalue weighted by Crippen LogP contribution is 2.60. The van der Waals surface area contributed by atoms with Crippen LogP contribution in [0, 0.1) is 12.8 Å². The summed E-state index contributed by atoms with van der Waals surface area (Å²) in [6.45, 7) is 7.27. The van der Waals surface area contributed by atoms with E-state index in [1.807, 2.05) is 9.42 Å². The minimum Gasteiger partial charge on any atom is -0.481 e. The number of pyridine rings is 1. The van der Waals surface area contributed by atoms with E-state index in [0.717, 1.165) is 36.4 Å². The number of aromatic nitrogens is 3. The number of carboxylic acids is 1. The van der Waals surface area contributed by atoms with E-state index in [-0.39, 0.29) is 23.3 Å². The van der Waals surface area contributed by atoms with Gasteiger partial charge in [-0.2, -0.15) is 0 Å². The van der Waals surface area contributed by atoms with Gasteiger partial charge in [-0.25, -0.2) is 9.50 Å². The molecule has 1 aromatic carbocycles. The van der Waals surface area contributed by atoms with Gasteiger partial charge in [-0.1, -0.05) is 37.3 Å². The van der Waals surface area contributed by atoms with Crippen molar-refractivity contribution in [2.75, 3.05) is 31.1 Å². The smallest absolute Gasteiger partial charge is 0.307 e. The van der Waals surface area contributed by atoms with Gasteiger partial charge < -0.3 is 19.6 Å². The number of piperidine rings is 1. The summed E-state index contributed by atoms with van der Waals surface area (Å²) in [6.07, 6.45) is 5.05. The molecule has 38 heavy (non-hydrogen) atoms. The summed E-state index contributed by atoms with van der Waals surface area (Å²) in [6, 6.07) is 13.0. The fraction of sp³-hybridized carbons (Fsp3) is 0.517. The van der Waals surface area contributed by atoms with E-state index in [9.17, 15) is 14.7 Å². The molecular formula is C29H33N5O4. The first kappa shape index (κ1) is 23.6. The van der Waals surface area contributed by atoms with Crippen molar-refractivity contribution in [2.45, 2.75) is 62.5 Å². The molecule has 9 heteroatoms. The molecule has 2 atom stereocenters. The van der Waals surface area contributed by atoms with Crippen LogP contribution in [0.2, 0.25) is 0 Å². The van der Waals surface area contributed by atoms with Crippen LogP contribution in [0.25, 0.3) is 5.65 Å². The van der Waals surface area contributed by atoms with Gasteiger partial charge in [-0.15, -0.1) is 5.10 Å². The van der Waals surface area contributed by atoms with Crippen molar-refractivity contribution < 1.29 is 19.4 Å². The molecular weight excluding hydrogens is 482 g/mol. The number of rotatable bonds is 5. The average Bonchev–Trinajstić information content (AvgIpc) is 3.66. The Morgan fingerprint density at radius 1 is 1.18 bits per heavy atom. The van der Waals surface area contributed by atoms with Crippen LogP contribution in [-0.2, 0) is 25.3 Å². The number of carbonyl (C=O) groups excluding carboxylic acids is 1. The molecule has 1 N–H and O–H groups in total. The Balaban J connectivity index is 1.11. The van der Waals surface area contributed by atoms with Crippen molar-refractivity contribution in [3.63, 3.8) is 0 Å². The second-order valence-electron chi connectivity index (χ2n) is 12.1. The second kappa shape index (κ2) is 8.02. The highest BCUT2D eigenvalue weighted by Gasteiger charge is 2.68. The Morgan fingerprint density at radius 2 is 1.97 bits per heavy atom. The number of hydrogen-bond acceptors (Lipinski definition) is 6. The first-order chi connectivity index (χ1) is 18.2. The number of amides is 1. The summed E-state index contributed by atoms with van der Waals surface area (Å²) in [5, 5.41) is 14.2. The molecule has 5 fully saturated rings. The van der Waals surface area contributed by atoms with Gasteiger partial charge in [-0.05, 0) is 37.0 Å². The number of aliphatic carboxylic acids is 1. The number of ether oxygens (including phenoxy) is 1. The molecule has 1 amide bonds. The predicted molar refractivity (Wildman–Crippen MR) is 140 cm³/mol. The second-order valence-corrected chi connectivity index (χ2v) is 12.1. The number of nitrogens with zero attached hydrogens (tertiary/aromatic N) is 5. The Hall–Kier alpha value is -3.46. The summed E-state index contributed by atoms with van der Waals surface area (Å²) in [4.78, 5) is 33.4. The van der Waals surface area contributed by atoms with Crippen LogP contribution in [0.15, 0.2) is 42.6 Å². The van der Waals surface area contributed by atoms with E-state index in [2.05, 4.69) is 61.3 Å². The maximum atomic E-state index is 12.8. The quantitative estimate of drug-likeness (QED) is 0.557. The number of carbonyl (C=O) groups is 2. The minimum atomic E-state index is -0.886. The van der Waals surface area contributed by atoms with Gasteiger partial charge in [0.1, 0.15) is 5.60 Å². The van der Waals surface area contributed by atoms with Crippen LogP contribution < -0.4 is 4.90 Å². The number of aryl methyl sites for hydroxylation is 1. The monoisotopic (exact) mass is 515 g/mol. The third kappa shape index (κ3) is 3.40. The van der Waals surface area contributed by atoms with Crippen molar-refractivity contribution in [3.05, 3.63) is 59.5 Å². The molecule has 0 radical (unpaired) electrons. The highest BCUT2D eigenvalue weighted by atomic mass is 16.5. The molecule has 5 aliphatic rings. The molecule has 2 bridgehead atoms. The molecule has 8 rings (SSSR count). The van der Waals surface area contributed by atoms with Gasteiger partial charge >= 0.3 is 5.97 Å². The largest absolute Gasteiger partial charge is 0.481 e. The third-order valence-electron chi connectivity index (χ3n) is 9.51. The van der Waals surface area contributed by atoms with E-state index in [1.54, 1.807) is 0 Å². The van der Waals surface area contributed by atoms with Gasteiger partial charge in [0.15, 0.2) is 11.5 Å². The summed E-state index contributed by atoms with van der Waals surface area (Å²) < 4.78 is 8.18. The van der Waals surface area contributed by atoms with Gasteiger partial charge in [0.2, 0.25) is 5.91 Å². The van der Waals surface area contributed by atoms with Crippen LogP contribution in [0.4, 0.5) is 5.69 Å². The standard InChI is InChI=1S/C29H33N5O4/c1-19-12-22(32-11-9-27(2,17-32)21-6-4-3-5-7-21)14-34-24(19)30-26(31-34)29-15-28(16-29,18-38-29)33-10-8-20(25(36)37)13-23(33)35/h3-7,12,14,20H,8-11,13,15-18H2,1-2H3,(H,36,37)/t20?,27-,28?,29?/m0/s1. The van der Waals surface area contributed by atoms with Gasteiger partial charge in [0.05, 0.1) is 29.9 Å². The average molecular weight is 516 g/mol. The minimum absolute atomic E-state index is 0.0679. The van der Waals surface area contributed by atoms with Crippen molar-refractivity contribution in [2.24, 2.45) is 5.92 Å². The van der Waals surface area contributed by atoms with Gasteiger partial charge in [0, 0.05) is 44.3 Å². The van der Waals surface area contributed by atoms with Crippen molar-refractivity contribution in [1.29, 1.82) is 0 Å². The Morgan fingerprint density at radius 3 is 2.71 bits per heavy atom. The fourth-order valence-corrected chi connectivity index (χ4v) is 7.28. The molecule has 9 nitrogen and oxygen atoms in total. The number of anilines is 1. The maximum absolute atomic E-state index is 12.8. The van der Waals surface area contributed by atoms with E-state index in [0.29, 0.717) is 38.2 Å². The molecule has 4 saturated heterocycles. The van der Waals surface area contributed by atoms with Crippen LogP contribution in [0.1, 0.15) is 56.0 Å². The third-order valence-corrected chi connectivity index (χ3v) is 9.51. The van der Waals surface area contributed by atoms with Crippen LogP contribution >= 0.6 is 0 Å². The van der Waals surface area contributed by atoms with Gasteiger partial charge in [-0.3, -0.25) is 9.59 Å². The van der Waals surface area contributed by atoms with Crippen LogP contribution in [-0.4, -0.2) is 68.3 Å². The van der Waals surface area contributed by atoms with Crippen molar-refractivity contribution >= 4 is 23.2 Å². The number of hydrogen-bond donors (Lipinski definition) is 1. The molecule has 1 unspecified atom stereocenters. The lowest BCUT2D eigenvalue weighted by atomic mass is 9.66.